The van der Waals surface area contributed by atoms with Crippen LogP contribution in [0.15, 0.2) is 53.1 Å². The number of fused-ring (bicyclic) bond motifs is 1. The summed E-state index contributed by atoms with van der Waals surface area (Å²) >= 11 is 0. The van der Waals surface area contributed by atoms with Crippen molar-refractivity contribution in [3.63, 3.8) is 0 Å². The predicted octanol–water partition coefficient (Wildman–Crippen LogP) is 3.79. The fourth-order valence-electron chi connectivity index (χ4n) is 4.93. The van der Waals surface area contributed by atoms with Crippen LogP contribution >= 0.6 is 0 Å². The van der Waals surface area contributed by atoms with E-state index in [4.69, 9.17) is 9.26 Å². The molecule has 0 radical (unpaired) electrons. The fourth-order valence-corrected chi connectivity index (χ4v) is 4.93. The summed E-state index contributed by atoms with van der Waals surface area (Å²) in [7, 11) is 1.67. The summed E-state index contributed by atoms with van der Waals surface area (Å²) in [5, 5.41) is 19.5. The molecule has 3 N–H and O–H groups in total. The van der Waals surface area contributed by atoms with Gasteiger partial charge in [-0.2, -0.15) is 0 Å². The lowest BCUT2D eigenvalue weighted by Crippen LogP contribution is -2.48. The van der Waals surface area contributed by atoms with Crippen molar-refractivity contribution in [3.8, 4) is 5.75 Å². The molecule has 0 spiro atoms. The average molecular weight is 578 g/mol. The zero-order valence-electron chi connectivity index (χ0n) is 24.7. The lowest BCUT2D eigenvalue weighted by Gasteiger charge is -2.34. The molecule has 0 fully saturated rings. The number of nitrogens with zero attached hydrogens (tertiary/aromatic N) is 3. The molecule has 2 aromatic carbocycles. The molecule has 224 valence electrons. The SMILES string of the molecule is Cc1noc(C)c1NC(=O)N(C)C[C@@H]1Oc2ccc(NC(=O)Cc3ccccc3)cc2CC(=O)N([C@@H](C)CO)C[C@@H]1C. The zero-order valence-corrected chi connectivity index (χ0v) is 24.7. The first-order valence-corrected chi connectivity index (χ1v) is 14.0. The van der Waals surface area contributed by atoms with Crippen LogP contribution in [-0.2, 0) is 22.4 Å². The maximum absolute atomic E-state index is 13.5. The molecule has 11 heteroatoms. The minimum Gasteiger partial charge on any atom is -0.488 e. The van der Waals surface area contributed by atoms with Crippen molar-refractivity contribution in [2.24, 2.45) is 5.92 Å². The Balaban J connectivity index is 1.56. The molecule has 42 heavy (non-hydrogen) atoms. The number of rotatable bonds is 8. The van der Waals surface area contributed by atoms with E-state index < -0.39 is 12.1 Å². The topological polar surface area (TPSA) is 137 Å². The Bertz CT molecular complexity index is 1390. The van der Waals surface area contributed by atoms with Crippen LogP contribution in [0.1, 0.15) is 36.4 Å². The summed E-state index contributed by atoms with van der Waals surface area (Å²) in [5.41, 5.74) is 3.15. The van der Waals surface area contributed by atoms with E-state index in [-0.39, 0.29) is 49.8 Å². The van der Waals surface area contributed by atoms with Crippen LogP contribution in [0.4, 0.5) is 16.2 Å². The van der Waals surface area contributed by atoms with Crippen molar-refractivity contribution in [3.05, 3.63) is 71.1 Å². The number of aliphatic hydroxyl groups excluding tert-OH is 1. The van der Waals surface area contributed by atoms with E-state index >= 15 is 0 Å². The van der Waals surface area contributed by atoms with Crippen LogP contribution in [0.25, 0.3) is 0 Å². The van der Waals surface area contributed by atoms with Gasteiger partial charge in [-0.25, -0.2) is 4.79 Å². The Morgan fingerprint density at radius 1 is 1.17 bits per heavy atom. The van der Waals surface area contributed by atoms with E-state index in [2.05, 4.69) is 15.8 Å². The Morgan fingerprint density at radius 2 is 1.90 bits per heavy atom. The summed E-state index contributed by atoms with van der Waals surface area (Å²) < 4.78 is 11.6. The molecule has 1 aliphatic heterocycles. The number of nitrogens with one attached hydrogen (secondary N) is 2. The first kappa shape index (κ1) is 30.6. The van der Waals surface area contributed by atoms with E-state index in [1.807, 2.05) is 37.3 Å². The van der Waals surface area contributed by atoms with Gasteiger partial charge in [-0.05, 0) is 44.5 Å². The van der Waals surface area contributed by atoms with Crippen LogP contribution < -0.4 is 15.4 Å². The van der Waals surface area contributed by atoms with Gasteiger partial charge in [0.25, 0.3) is 0 Å². The molecule has 3 aromatic rings. The summed E-state index contributed by atoms with van der Waals surface area (Å²) in [4.78, 5) is 42.4. The van der Waals surface area contributed by atoms with Gasteiger partial charge >= 0.3 is 6.03 Å². The standard InChI is InChI=1S/C31H39N5O6/c1-19-16-36(20(2)18-37)29(39)15-24-14-25(32-28(38)13-23-9-7-6-8-10-23)11-12-26(24)41-27(19)17-35(5)31(40)33-30-21(3)34-42-22(30)4/h6-12,14,19-20,27,37H,13,15-18H2,1-5H3,(H,32,38)(H,33,40)/t19-,20-,27-/m0/s1. The smallest absolute Gasteiger partial charge is 0.321 e. The molecule has 11 nitrogen and oxygen atoms in total. The number of anilines is 2. The fraction of sp³-hybridized carbons (Fsp3) is 0.419. The number of aromatic nitrogens is 1. The van der Waals surface area contributed by atoms with E-state index in [1.165, 1.54) is 4.90 Å². The van der Waals surface area contributed by atoms with Crippen molar-refractivity contribution in [2.45, 2.75) is 52.7 Å². The van der Waals surface area contributed by atoms with Gasteiger partial charge in [-0.15, -0.1) is 0 Å². The number of aryl methyl sites for hydroxylation is 2. The van der Waals surface area contributed by atoms with Crippen LogP contribution in [0, 0.1) is 19.8 Å². The average Bonchev–Trinajstić information content (AvgIpc) is 3.29. The minimum atomic E-state index is -0.484. The van der Waals surface area contributed by atoms with E-state index in [0.29, 0.717) is 40.7 Å². The van der Waals surface area contributed by atoms with Crippen LogP contribution in [0.5, 0.6) is 5.75 Å². The van der Waals surface area contributed by atoms with Gasteiger partial charge in [0.2, 0.25) is 11.8 Å². The monoisotopic (exact) mass is 577 g/mol. The minimum absolute atomic E-state index is 0.0316. The Morgan fingerprint density at radius 3 is 2.57 bits per heavy atom. The lowest BCUT2D eigenvalue weighted by atomic mass is 10.0. The van der Waals surface area contributed by atoms with Gasteiger partial charge in [0, 0.05) is 30.8 Å². The molecule has 0 aliphatic carbocycles. The first-order chi connectivity index (χ1) is 20.0. The zero-order chi connectivity index (χ0) is 30.4. The van der Waals surface area contributed by atoms with Crippen molar-refractivity contribution in [2.75, 3.05) is 37.4 Å². The molecule has 4 rings (SSSR count). The van der Waals surface area contributed by atoms with E-state index in [0.717, 1.165) is 5.56 Å². The number of carbonyl (C=O) groups is 3. The number of urea groups is 1. The molecule has 0 saturated heterocycles. The van der Waals surface area contributed by atoms with Crippen LogP contribution in [0.2, 0.25) is 0 Å². The number of benzene rings is 2. The number of ether oxygens (including phenoxy) is 1. The molecule has 3 atom stereocenters. The molecule has 2 heterocycles. The molecule has 1 aliphatic rings. The van der Waals surface area contributed by atoms with Crippen LogP contribution in [0.3, 0.4) is 0 Å². The van der Waals surface area contributed by atoms with E-state index in [9.17, 15) is 19.5 Å². The molecule has 0 unspecified atom stereocenters. The van der Waals surface area contributed by atoms with Crippen molar-refractivity contribution >= 4 is 29.2 Å². The number of amides is 4. The van der Waals surface area contributed by atoms with Crippen molar-refractivity contribution < 1.29 is 28.8 Å². The highest BCUT2D eigenvalue weighted by molar-refractivity contribution is 5.93. The third-order valence-corrected chi connectivity index (χ3v) is 7.47. The second kappa shape index (κ2) is 13.5. The molecule has 4 amide bonds. The number of aliphatic hydroxyl groups is 1. The summed E-state index contributed by atoms with van der Waals surface area (Å²) in [6.07, 6.45) is -0.233. The number of likely N-dealkylation sites (N-methyl/N-ethyl adjacent to an activating group) is 1. The third-order valence-electron chi connectivity index (χ3n) is 7.47. The summed E-state index contributed by atoms with van der Waals surface area (Å²) in [6.45, 7) is 7.59. The quantitative estimate of drug-likeness (QED) is 0.371. The van der Waals surface area contributed by atoms with Crippen LogP contribution in [-0.4, -0.2) is 76.8 Å². The second-order valence-electron chi connectivity index (χ2n) is 10.9. The van der Waals surface area contributed by atoms with Gasteiger partial charge in [0.1, 0.15) is 23.2 Å². The molecular weight excluding hydrogens is 538 g/mol. The van der Waals surface area contributed by atoms with Gasteiger partial charge in [0.05, 0.1) is 32.0 Å². The largest absolute Gasteiger partial charge is 0.488 e. The number of hydrogen-bond donors (Lipinski definition) is 3. The lowest BCUT2D eigenvalue weighted by molar-refractivity contribution is -0.134. The van der Waals surface area contributed by atoms with E-state index in [1.54, 1.807) is 50.9 Å². The van der Waals surface area contributed by atoms with Crippen molar-refractivity contribution in [1.82, 2.24) is 15.0 Å². The Labute approximate surface area is 245 Å². The Hall–Kier alpha value is -4.38. The van der Waals surface area contributed by atoms with Crippen molar-refractivity contribution in [1.29, 1.82) is 0 Å². The normalized spacial score (nSPS) is 17.7. The van der Waals surface area contributed by atoms with Gasteiger partial charge in [0.15, 0.2) is 5.76 Å². The maximum Gasteiger partial charge on any atom is 0.321 e. The first-order valence-electron chi connectivity index (χ1n) is 14.0. The molecular formula is C31H39N5O6. The summed E-state index contributed by atoms with van der Waals surface area (Å²) in [6, 6.07) is 13.9. The van der Waals surface area contributed by atoms with Gasteiger partial charge in [-0.1, -0.05) is 42.4 Å². The highest BCUT2D eigenvalue weighted by Gasteiger charge is 2.32. The second-order valence-corrected chi connectivity index (χ2v) is 10.9. The summed E-state index contributed by atoms with van der Waals surface area (Å²) in [5.74, 6) is 0.484. The highest BCUT2D eigenvalue weighted by atomic mass is 16.5. The van der Waals surface area contributed by atoms with Gasteiger partial charge in [-0.3, -0.25) is 9.59 Å². The predicted molar refractivity (Wildman–Crippen MR) is 158 cm³/mol. The molecule has 0 bridgehead atoms. The Kier molecular flexibility index (Phi) is 9.84. The number of carbonyl (C=O) groups excluding carboxylic acids is 3. The molecule has 0 saturated carbocycles. The molecule has 1 aromatic heterocycles. The number of hydrogen-bond acceptors (Lipinski definition) is 7. The highest BCUT2D eigenvalue weighted by Crippen LogP contribution is 2.29. The maximum atomic E-state index is 13.5. The van der Waals surface area contributed by atoms with Gasteiger partial charge < -0.3 is 34.8 Å². The third kappa shape index (κ3) is 7.47.